The molecule has 0 spiro atoms. The fourth-order valence-electron chi connectivity index (χ4n) is 3.86. The van der Waals surface area contributed by atoms with E-state index in [1.54, 1.807) is 6.08 Å². The van der Waals surface area contributed by atoms with Crippen LogP contribution in [0, 0.1) is 0 Å². The highest BCUT2D eigenvalue weighted by Crippen LogP contribution is 2.42. The number of fused-ring (bicyclic) bond motifs is 1. The van der Waals surface area contributed by atoms with Gasteiger partial charge in [0, 0.05) is 11.1 Å². The monoisotopic (exact) mass is 566 g/mol. The van der Waals surface area contributed by atoms with Crippen molar-refractivity contribution in [2.45, 2.75) is 32.4 Å². The number of hydrogen-bond donors (Lipinski definition) is 2. The molecule has 204 valence electrons. The van der Waals surface area contributed by atoms with Crippen molar-refractivity contribution in [2.24, 2.45) is 10.2 Å². The zero-order valence-corrected chi connectivity index (χ0v) is 21.0. The van der Waals surface area contributed by atoms with E-state index >= 15 is 0 Å². The smallest absolute Gasteiger partial charge is 0.493 e. The first kappa shape index (κ1) is 27.9. The first-order valence-electron chi connectivity index (χ1n) is 11.3. The Labute approximate surface area is 223 Å². The number of aromatic nitrogens is 1. The number of benzene rings is 2. The number of azo groups is 1. The number of allylic oxidation sites excluding steroid dienone is 5. The molecule has 1 aliphatic carbocycles. The molecule has 39 heavy (non-hydrogen) atoms. The maximum absolute atomic E-state index is 12.9. The second kappa shape index (κ2) is 10.9. The molecule has 0 fully saturated rings. The van der Waals surface area contributed by atoms with Gasteiger partial charge in [0.15, 0.2) is 5.69 Å². The molecule has 1 heterocycles. The summed E-state index contributed by atoms with van der Waals surface area (Å²) in [6, 6.07) is 7.61. The van der Waals surface area contributed by atoms with Crippen molar-refractivity contribution in [3.8, 4) is 11.6 Å². The standard InChI is InChI=1S/C26H20F6N4O2S/c1-15-4-2-3-5-18(12-15)33-24(39)35-34-22-20-13-19(38-26(30,31)32)10-11-21(20)36(23(22)37)14-16-6-8-17(9-7-16)25(27,28)29/h2-3,5-13,37H,4,14H2,1H3,(H,33,39). The minimum absolute atomic E-state index is 0.0556. The van der Waals surface area contributed by atoms with E-state index < -0.39 is 29.7 Å². The molecule has 4 rings (SSSR count). The predicted molar refractivity (Wildman–Crippen MR) is 137 cm³/mol. The van der Waals surface area contributed by atoms with Gasteiger partial charge in [-0.2, -0.15) is 13.2 Å². The average molecular weight is 567 g/mol. The molecule has 6 nitrogen and oxygen atoms in total. The number of thiocarbonyl (C=S) groups is 1. The molecule has 0 saturated carbocycles. The zero-order chi connectivity index (χ0) is 28.4. The Morgan fingerprint density at radius 2 is 1.82 bits per heavy atom. The van der Waals surface area contributed by atoms with Gasteiger partial charge >= 0.3 is 12.5 Å². The average Bonchev–Trinajstić information content (AvgIpc) is 2.95. The van der Waals surface area contributed by atoms with Crippen LogP contribution in [0.15, 0.2) is 88.3 Å². The topological polar surface area (TPSA) is 71.1 Å². The molecular formula is C26H20F6N4O2S. The molecule has 3 aromatic rings. The summed E-state index contributed by atoms with van der Waals surface area (Å²) in [6.45, 7) is 1.82. The fourth-order valence-corrected chi connectivity index (χ4v) is 4.02. The molecule has 2 aromatic carbocycles. The van der Waals surface area contributed by atoms with Crippen LogP contribution in [-0.4, -0.2) is 21.1 Å². The van der Waals surface area contributed by atoms with Crippen LogP contribution >= 0.6 is 12.2 Å². The number of halogens is 6. The number of aromatic hydroxyl groups is 1. The number of hydrogen-bond acceptors (Lipinski definition) is 4. The lowest BCUT2D eigenvalue weighted by molar-refractivity contribution is -0.274. The van der Waals surface area contributed by atoms with Crippen molar-refractivity contribution in [3.05, 3.63) is 89.2 Å². The quantitative estimate of drug-likeness (QED) is 0.186. The maximum Gasteiger partial charge on any atom is 0.573 e. The van der Waals surface area contributed by atoms with Gasteiger partial charge in [0.2, 0.25) is 11.0 Å². The number of nitrogens with zero attached hydrogens (tertiary/aromatic N) is 3. The third kappa shape index (κ3) is 7.05. The van der Waals surface area contributed by atoms with Gasteiger partial charge in [-0.15, -0.1) is 23.4 Å². The van der Waals surface area contributed by atoms with Crippen molar-refractivity contribution < 1.29 is 36.2 Å². The second-order valence-corrected chi connectivity index (χ2v) is 8.94. The molecular weight excluding hydrogens is 546 g/mol. The van der Waals surface area contributed by atoms with E-state index in [4.69, 9.17) is 12.2 Å². The van der Waals surface area contributed by atoms with E-state index in [0.717, 1.165) is 36.3 Å². The van der Waals surface area contributed by atoms with E-state index in [1.807, 2.05) is 25.2 Å². The van der Waals surface area contributed by atoms with Crippen LogP contribution in [0.2, 0.25) is 0 Å². The van der Waals surface area contributed by atoms with Crippen LogP contribution in [0.4, 0.5) is 32.0 Å². The maximum atomic E-state index is 12.9. The molecule has 1 aromatic heterocycles. The Hall–Kier alpha value is -4.13. The van der Waals surface area contributed by atoms with Gasteiger partial charge in [0.05, 0.1) is 17.6 Å². The lowest BCUT2D eigenvalue weighted by Gasteiger charge is -2.11. The van der Waals surface area contributed by atoms with Gasteiger partial charge in [0.1, 0.15) is 5.75 Å². The van der Waals surface area contributed by atoms with Gasteiger partial charge in [-0.25, -0.2) is 0 Å². The van der Waals surface area contributed by atoms with Crippen molar-refractivity contribution in [3.63, 3.8) is 0 Å². The molecule has 13 heteroatoms. The SMILES string of the molecule is CC1=CC(NC(=S)N=Nc2c(O)n(Cc3ccc(C(F)(F)F)cc3)c3ccc(OC(F)(F)F)cc23)=CC=CC1. The molecule has 2 N–H and O–H groups in total. The van der Waals surface area contributed by atoms with Gasteiger partial charge in [-0.05, 0) is 73.6 Å². The summed E-state index contributed by atoms with van der Waals surface area (Å²) in [5.41, 5.74) is 1.28. The summed E-state index contributed by atoms with van der Waals surface area (Å²) in [5, 5.41) is 21.7. The van der Waals surface area contributed by atoms with Gasteiger partial charge < -0.3 is 19.7 Å². The van der Waals surface area contributed by atoms with E-state index in [9.17, 15) is 31.4 Å². The van der Waals surface area contributed by atoms with Gasteiger partial charge in [0.25, 0.3) is 0 Å². The molecule has 1 aliphatic rings. The summed E-state index contributed by atoms with van der Waals surface area (Å²) >= 11 is 5.21. The van der Waals surface area contributed by atoms with Crippen LogP contribution in [0.5, 0.6) is 11.6 Å². The van der Waals surface area contributed by atoms with Crippen LogP contribution in [0.1, 0.15) is 24.5 Å². The molecule has 0 radical (unpaired) electrons. The van der Waals surface area contributed by atoms with Crippen LogP contribution < -0.4 is 10.1 Å². The third-order valence-electron chi connectivity index (χ3n) is 5.58. The minimum atomic E-state index is -4.96. The van der Waals surface area contributed by atoms with Crippen molar-refractivity contribution in [1.82, 2.24) is 9.88 Å². The van der Waals surface area contributed by atoms with Gasteiger partial charge in [-0.1, -0.05) is 29.9 Å². The summed E-state index contributed by atoms with van der Waals surface area (Å²) in [6.07, 6.45) is -1.31. The van der Waals surface area contributed by atoms with E-state index in [-0.39, 0.29) is 28.2 Å². The molecule has 0 unspecified atom stereocenters. The van der Waals surface area contributed by atoms with Crippen LogP contribution in [0.3, 0.4) is 0 Å². The number of ether oxygens (including phenoxy) is 1. The Kier molecular flexibility index (Phi) is 7.82. The lowest BCUT2D eigenvalue weighted by Crippen LogP contribution is -2.17. The van der Waals surface area contributed by atoms with E-state index in [0.29, 0.717) is 11.3 Å². The van der Waals surface area contributed by atoms with E-state index in [1.165, 1.54) is 22.8 Å². The summed E-state index contributed by atoms with van der Waals surface area (Å²) in [4.78, 5) is 0. The van der Waals surface area contributed by atoms with Crippen molar-refractivity contribution in [1.29, 1.82) is 0 Å². The number of rotatable bonds is 5. The summed E-state index contributed by atoms with van der Waals surface area (Å²) in [5.74, 6) is -1.04. The van der Waals surface area contributed by atoms with Crippen molar-refractivity contribution >= 4 is 33.9 Å². The molecule has 0 saturated heterocycles. The van der Waals surface area contributed by atoms with E-state index in [2.05, 4.69) is 20.3 Å². The summed E-state index contributed by atoms with van der Waals surface area (Å²) in [7, 11) is 0. The van der Waals surface area contributed by atoms with Crippen molar-refractivity contribution in [2.75, 3.05) is 0 Å². The Bertz CT molecular complexity index is 1520. The fraction of sp³-hybridized carbons (Fsp3) is 0.192. The van der Waals surface area contributed by atoms with Crippen LogP contribution in [-0.2, 0) is 12.7 Å². The lowest BCUT2D eigenvalue weighted by atomic mass is 10.1. The highest BCUT2D eigenvalue weighted by molar-refractivity contribution is 7.80. The zero-order valence-electron chi connectivity index (χ0n) is 20.1. The van der Waals surface area contributed by atoms with Gasteiger partial charge in [-0.3, -0.25) is 0 Å². The molecule has 0 aliphatic heterocycles. The molecule has 0 amide bonds. The first-order valence-corrected chi connectivity index (χ1v) is 11.7. The highest BCUT2D eigenvalue weighted by atomic mass is 32.1. The normalized spacial score (nSPS) is 14.3. The molecule has 0 atom stereocenters. The minimum Gasteiger partial charge on any atom is -0.493 e. The number of alkyl halides is 6. The van der Waals surface area contributed by atoms with Crippen LogP contribution in [0.25, 0.3) is 10.9 Å². The first-order chi connectivity index (χ1) is 18.3. The Balaban J connectivity index is 1.70. The Morgan fingerprint density at radius 3 is 2.49 bits per heavy atom. The summed E-state index contributed by atoms with van der Waals surface area (Å²) < 4.78 is 82.5. The third-order valence-corrected chi connectivity index (χ3v) is 5.77. The second-order valence-electron chi connectivity index (χ2n) is 8.55. The largest absolute Gasteiger partial charge is 0.573 e. The Morgan fingerprint density at radius 1 is 1.10 bits per heavy atom. The predicted octanol–water partition coefficient (Wildman–Crippen LogP) is 8.06. The highest BCUT2D eigenvalue weighted by Gasteiger charge is 2.32. The molecule has 0 bridgehead atoms. The number of nitrogens with one attached hydrogen (secondary N) is 1.